The van der Waals surface area contributed by atoms with Crippen molar-refractivity contribution < 1.29 is 5.11 Å². The van der Waals surface area contributed by atoms with E-state index in [1.54, 1.807) is 0 Å². The maximum Gasteiger partial charge on any atom is 0.0682 e. The van der Waals surface area contributed by atoms with Crippen LogP contribution in [0.1, 0.15) is 42.0 Å². The summed E-state index contributed by atoms with van der Waals surface area (Å²) in [4.78, 5) is 0. The zero-order valence-corrected chi connectivity index (χ0v) is 11.7. The van der Waals surface area contributed by atoms with Gasteiger partial charge >= 0.3 is 0 Å². The van der Waals surface area contributed by atoms with Gasteiger partial charge < -0.3 is 10.4 Å². The van der Waals surface area contributed by atoms with Crippen LogP contribution in [0.15, 0.2) is 48.5 Å². The number of rotatable bonds is 3. The minimum atomic E-state index is 0.0940. The normalized spacial score (nSPS) is 18.1. The van der Waals surface area contributed by atoms with Crippen molar-refractivity contribution in [3.05, 3.63) is 65.2 Å². The SMILES string of the molecule is OCc1cccc(NC2CCCCc3ccccc32)c1. The maximum absolute atomic E-state index is 9.24. The number of hydrogen-bond donors (Lipinski definition) is 2. The topological polar surface area (TPSA) is 32.3 Å². The number of aliphatic hydroxyl groups is 1. The second-order valence-corrected chi connectivity index (χ2v) is 5.50. The average molecular weight is 267 g/mol. The number of aryl methyl sites for hydroxylation is 1. The summed E-state index contributed by atoms with van der Waals surface area (Å²) >= 11 is 0. The van der Waals surface area contributed by atoms with Crippen LogP contribution in [0.4, 0.5) is 5.69 Å². The Bertz CT molecular complexity index is 579. The molecule has 0 saturated carbocycles. The summed E-state index contributed by atoms with van der Waals surface area (Å²) in [5.41, 5.74) is 4.95. The van der Waals surface area contributed by atoms with E-state index >= 15 is 0 Å². The summed E-state index contributed by atoms with van der Waals surface area (Å²) in [6.07, 6.45) is 4.88. The van der Waals surface area contributed by atoms with E-state index in [2.05, 4.69) is 35.6 Å². The molecule has 0 amide bonds. The minimum absolute atomic E-state index is 0.0940. The Morgan fingerprint density at radius 1 is 1.05 bits per heavy atom. The Balaban J connectivity index is 1.86. The van der Waals surface area contributed by atoms with Crippen molar-refractivity contribution in [1.29, 1.82) is 0 Å². The van der Waals surface area contributed by atoms with E-state index in [-0.39, 0.29) is 6.61 Å². The van der Waals surface area contributed by atoms with Gasteiger partial charge in [0.2, 0.25) is 0 Å². The summed E-state index contributed by atoms with van der Waals surface area (Å²) in [6, 6.07) is 17.2. The van der Waals surface area contributed by atoms with Crippen LogP contribution in [0.5, 0.6) is 0 Å². The molecular formula is C18H21NO. The fraction of sp³-hybridized carbons (Fsp3) is 0.333. The van der Waals surface area contributed by atoms with E-state index in [9.17, 15) is 5.11 Å². The number of hydrogen-bond acceptors (Lipinski definition) is 2. The molecule has 0 radical (unpaired) electrons. The van der Waals surface area contributed by atoms with Crippen LogP contribution in [-0.4, -0.2) is 5.11 Å². The molecule has 0 saturated heterocycles. The number of anilines is 1. The molecule has 1 aliphatic rings. The second kappa shape index (κ2) is 6.10. The third-order valence-corrected chi connectivity index (χ3v) is 4.07. The lowest BCUT2D eigenvalue weighted by Crippen LogP contribution is -2.11. The van der Waals surface area contributed by atoms with Gasteiger partial charge in [-0.2, -0.15) is 0 Å². The van der Waals surface area contributed by atoms with Gasteiger partial charge in [0, 0.05) is 5.69 Å². The van der Waals surface area contributed by atoms with Crippen LogP contribution in [0, 0.1) is 0 Å². The summed E-state index contributed by atoms with van der Waals surface area (Å²) in [5.74, 6) is 0. The molecule has 0 heterocycles. The molecule has 2 heteroatoms. The Hall–Kier alpha value is -1.80. The molecule has 0 aliphatic heterocycles. The molecule has 2 nitrogen and oxygen atoms in total. The monoisotopic (exact) mass is 267 g/mol. The van der Waals surface area contributed by atoms with Gasteiger partial charge in [-0.15, -0.1) is 0 Å². The molecule has 0 aromatic heterocycles. The maximum atomic E-state index is 9.24. The third-order valence-electron chi connectivity index (χ3n) is 4.07. The van der Waals surface area contributed by atoms with Crippen LogP contribution < -0.4 is 5.32 Å². The zero-order valence-electron chi connectivity index (χ0n) is 11.7. The minimum Gasteiger partial charge on any atom is -0.392 e. The predicted molar refractivity (Wildman–Crippen MR) is 82.7 cm³/mol. The average Bonchev–Trinajstić information content (AvgIpc) is 2.70. The molecule has 1 unspecified atom stereocenters. The zero-order chi connectivity index (χ0) is 13.8. The Kier molecular flexibility index (Phi) is 4.03. The number of aliphatic hydroxyl groups excluding tert-OH is 1. The standard InChI is InChI=1S/C18H21NO/c20-13-14-6-5-9-16(12-14)19-18-11-4-2-8-15-7-1-3-10-17(15)18/h1,3,5-7,9-10,12,18-20H,2,4,8,11,13H2. The van der Waals surface area contributed by atoms with Crippen molar-refractivity contribution >= 4 is 5.69 Å². The fourth-order valence-electron chi connectivity index (χ4n) is 3.03. The van der Waals surface area contributed by atoms with E-state index in [1.165, 1.54) is 36.8 Å². The molecular weight excluding hydrogens is 246 g/mol. The first-order valence-electron chi connectivity index (χ1n) is 7.41. The summed E-state index contributed by atoms with van der Waals surface area (Å²) in [6.45, 7) is 0.0940. The highest BCUT2D eigenvalue weighted by atomic mass is 16.3. The molecule has 104 valence electrons. The molecule has 0 fully saturated rings. The lowest BCUT2D eigenvalue weighted by atomic mass is 9.99. The lowest BCUT2D eigenvalue weighted by Gasteiger charge is -2.21. The Morgan fingerprint density at radius 2 is 1.95 bits per heavy atom. The highest BCUT2D eigenvalue weighted by Crippen LogP contribution is 2.31. The van der Waals surface area contributed by atoms with Crippen molar-refractivity contribution in [2.75, 3.05) is 5.32 Å². The summed E-state index contributed by atoms with van der Waals surface area (Å²) in [7, 11) is 0. The third kappa shape index (κ3) is 2.86. The smallest absolute Gasteiger partial charge is 0.0682 e. The van der Waals surface area contributed by atoms with Gasteiger partial charge in [-0.05, 0) is 48.1 Å². The van der Waals surface area contributed by atoms with E-state index in [4.69, 9.17) is 0 Å². The van der Waals surface area contributed by atoms with Crippen LogP contribution >= 0.6 is 0 Å². The van der Waals surface area contributed by atoms with E-state index in [0.29, 0.717) is 6.04 Å². The number of benzene rings is 2. The van der Waals surface area contributed by atoms with Crippen molar-refractivity contribution in [2.24, 2.45) is 0 Å². The van der Waals surface area contributed by atoms with Crippen molar-refractivity contribution in [1.82, 2.24) is 0 Å². The van der Waals surface area contributed by atoms with Crippen LogP contribution in [0.25, 0.3) is 0 Å². The quantitative estimate of drug-likeness (QED) is 0.822. The largest absolute Gasteiger partial charge is 0.392 e. The first-order valence-corrected chi connectivity index (χ1v) is 7.41. The molecule has 1 atom stereocenters. The molecule has 20 heavy (non-hydrogen) atoms. The van der Waals surface area contributed by atoms with Gasteiger partial charge in [0.1, 0.15) is 0 Å². The first kappa shape index (κ1) is 13.2. The lowest BCUT2D eigenvalue weighted by molar-refractivity contribution is 0.282. The Morgan fingerprint density at radius 3 is 2.85 bits per heavy atom. The predicted octanol–water partition coefficient (Wildman–Crippen LogP) is 4.06. The van der Waals surface area contributed by atoms with Crippen LogP contribution in [-0.2, 0) is 13.0 Å². The highest BCUT2D eigenvalue weighted by Gasteiger charge is 2.17. The molecule has 0 bridgehead atoms. The van der Waals surface area contributed by atoms with Crippen molar-refractivity contribution in [3.63, 3.8) is 0 Å². The molecule has 2 N–H and O–H groups in total. The van der Waals surface area contributed by atoms with E-state index in [0.717, 1.165) is 11.3 Å². The van der Waals surface area contributed by atoms with E-state index in [1.807, 2.05) is 18.2 Å². The molecule has 2 aromatic carbocycles. The van der Waals surface area contributed by atoms with Gasteiger partial charge in [0.05, 0.1) is 12.6 Å². The fourth-order valence-corrected chi connectivity index (χ4v) is 3.03. The van der Waals surface area contributed by atoms with Gasteiger partial charge in [-0.25, -0.2) is 0 Å². The van der Waals surface area contributed by atoms with Gasteiger partial charge in [0.15, 0.2) is 0 Å². The molecule has 0 spiro atoms. The Labute approximate surface area is 120 Å². The molecule has 1 aliphatic carbocycles. The van der Waals surface area contributed by atoms with Gasteiger partial charge in [-0.1, -0.05) is 42.8 Å². The second-order valence-electron chi connectivity index (χ2n) is 5.50. The van der Waals surface area contributed by atoms with Crippen molar-refractivity contribution in [2.45, 2.75) is 38.3 Å². The van der Waals surface area contributed by atoms with Crippen LogP contribution in [0.3, 0.4) is 0 Å². The summed E-state index contributed by atoms with van der Waals surface area (Å²) in [5, 5.41) is 12.9. The van der Waals surface area contributed by atoms with Gasteiger partial charge in [0.25, 0.3) is 0 Å². The summed E-state index contributed by atoms with van der Waals surface area (Å²) < 4.78 is 0. The van der Waals surface area contributed by atoms with Gasteiger partial charge in [-0.3, -0.25) is 0 Å². The number of nitrogens with one attached hydrogen (secondary N) is 1. The number of fused-ring (bicyclic) bond motifs is 1. The molecule has 2 aromatic rings. The van der Waals surface area contributed by atoms with Crippen LogP contribution in [0.2, 0.25) is 0 Å². The highest BCUT2D eigenvalue weighted by molar-refractivity contribution is 5.48. The molecule has 3 rings (SSSR count). The van der Waals surface area contributed by atoms with Crippen molar-refractivity contribution in [3.8, 4) is 0 Å². The van der Waals surface area contributed by atoms with E-state index < -0.39 is 0 Å². The first-order chi connectivity index (χ1) is 9.86.